The zero-order valence-electron chi connectivity index (χ0n) is 10.2. The fourth-order valence-electron chi connectivity index (χ4n) is 2.25. The fraction of sp³-hybridized carbons (Fsp3) is 0.909. The number of rotatable bonds is 4. The van der Waals surface area contributed by atoms with Gasteiger partial charge in [-0.15, -0.1) is 0 Å². The van der Waals surface area contributed by atoms with Crippen molar-refractivity contribution < 1.29 is 14.7 Å². The van der Waals surface area contributed by atoms with Crippen molar-refractivity contribution in [2.45, 2.75) is 51.3 Å². The number of nitrogens with one attached hydrogen (secondary N) is 2. The third-order valence-electron chi connectivity index (χ3n) is 2.93. The van der Waals surface area contributed by atoms with Crippen molar-refractivity contribution in [1.82, 2.24) is 10.8 Å². The summed E-state index contributed by atoms with van der Waals surface area (Å²) in [6, 6.07) is 0.711. The molecule has 0 heterocycles. The SMILES string of the molecule is CONC(=O)C1CCC(NC(C)C)CC1O. The van der Waals surface area contributed by atoms with Crippen molar-refractivity contribution in [3.8, 4) is 0 Å². The van der Waals surface area contributed by atoms with E-state index in [2.05, 4.69) is 29.5 Å². The molecule has 1 rings (SSSR count). The molecule has 0 aromatic rings. The first-order chi connectivity index (χ1) is 7.54. The summed E-state index contributed by atoms with van der Waals surface area (Å²) in [5, 5.41) is 13.3. The monoisotopic (exact) mass is 230 g/mol. The molecule has 0 spiro atoms. The molecule has 1 saturated carbocycles. The number of carbonyl (C=O) groups excluding carboxylic acids is 1. The van der Waals surface area contributed by atoms with E-state index < -0.39 is 6.10 Å². The van der Waals surface area contributed by atoms with Gasteiger partial charge in [0.25, 0.3) is 0 Å². The fourth-order valence-corrected chi connectivity index (χ4v) is 2.25. The first-order valence-corrected chi connectivity index (χ1v) is 5.81. The van der Waals surface area contributed by atoms with E-state index in [0.717, 1.165) is 6.42 Å². The molecule has 0 saturated heterocycles. The lowest BCUT2D eigenvalue weighted by Crippen LogP contribution is -2.47. The molecule has 5 heteroatoms. The van der Waals surface area contributed by atoms with Crippen LogP contribution in [-0.4, -0.2) is 36.3 Å². The zero-order chi connectivity index (χ0) is 12.1. The summed E-state index contributed by atoms with van der Waals surface area (Å²) in [5.74, 6) is -0.567. The number of hydrogen-bond acceptors (Lipinski definition) is 4. The molecule has 1 aliphatic rings. The molecular formula is C11H22N2O3. The number of aliphatic hydroxyl groups is 1. The van der Waals surface area contributed by atoms with Gasteiger partial charge in [0.05, 0.1) is 19.1 Å². The highest BCUT2D eigenvalue weighted by Gasteiger charge is 2.33. The molecule has 16 heavy (non-hydrogen) atoms. The lowest BCUT2D eigenvalue weighted by molar-refractivity contribution is -0.141. The van der Waals surface area contributed by atoms with Gasteiger partial charge in [-0.3, -0.25) is 9.63 Å². The van der Waals surface area contributed by atoms with Gasteiger partial charge in [0.1, 0.15) is 0 Å². The van der Waals surface area contributed by atoms with Crippen LogP contribution in [0.2, 0.25) is 0 Å². The molecule has 1 fully saturated rings. The van der Waals surface area contributed by atoms with Gasteiger partial charge in [0.15, 0.2) is 0 Å². The average Bonchev–Trinajstić information content (AvgIpc) is 2.16. The minimum atomic E-state index is -0.583. The van der Waals surface area contributed by atoms with E-state index in [1.807, 2.05) is 0 Å². The van der Waals surface area contributed by atoms with Gasteiger partial charge in [-0.2, -0.15) is 0 Å². The zero-order valence-corrected chi connectivity index (χ0v) is 10.2. The Balaban J connectivity index is 2.42. The van der Waals surface area contributed by atoms with Crippen LogP contribution in [0.25, 0.3) is 0 Å². The summed E-state index contributed by atoms with van der Waals surface area (Å²) in [5.41, 5.74) is 2.28. The molecule has 0 bridgehead atoms. The quantitative estimate of drug-likeness (QED) is 0.603. The molecule has 1 aliphatic carbocycles. The highest BCUT2D eigenvalue weighted by molar-refractivity contribution is 5.78. The molecule has 5 nitrogen and oxygen atoms in total. The van der Waals surface area contributed by atoms with Gasteiger partial charge in [0.2, 0.25) is 5.91 Å². The maximum Gasteiger partial charge on any atom is 0.249 e. The second-order valence-corrected chi connectivity index (χ2v) is 4.68. The molecular weight excluding hydrogens is 208 g/mol. The molecule has 1 amide bonds. The molecule has 3 atom stereocenters. The average molecular weight is 230 g/mol. The van der Waals surface area contributed by atoms with Crippen molar-refractivity contribution in [2.75, 3.05) is 7.11 Å². The third kappa shape index (κ3) is 3.73. The van der Waals surface area contributed by atoms with Crippen LogP contribution in [0.5, 0.6) is 0 Å². The van der Waals surface area contributed by atoms with E-state index in [0.29, 0.717) is 24.9 Å². The maximum atomic E-state index is 11.5. The van der Waals surface area contributed by atoms with Crippen LogP contribution in [0, 0.1) is 5.92 Å². The highest BCUT2D eigenvalue weighted by atomic mass is 16.6. The van der Waals surface area contributed by atoms with Gasteiger partial charge in [0, 0.05) is 12.1 Å². The van der Waals surface area contributed by atoms with Gasteiger partial charge in [-0.05, 0) is 19.3 Å². The number of hydroxylamine groups is 1. The van der Waals surface area contributed by atoms with Crippen molar-refractivity contribution in [1.29, 1.82) is 0 Å². The molecule has 0 aliphatic heterocycles. The predicted molar refractivity (Wildman–Crippen MR) is 60.6 cm³/mol. The normalized spacial score (nSPS) is 30.4. The maximum absolute atomic E-state index is 11.5. The van der Waals surface area contributed by atoms with Crippen LogP contribution >= 0.6 is 0 Å². The Morgan fingerprint density at radius 2 is 2.12 bits per heavy atom. The van der Waals surface area contributed by atoms with Crippen LogP contribution in [0.15, 0.2) is 0 Å². The Bertz CT molecular complexity index is 233. The Hall–Kier alpha value is -0.650. The second kappa shape index (κ2) is 6.18. The summed E-state index contributed by atoms with van der Waals surface area (Å²) in [4.78, 5) is 16.1. The highest BCUT2D eigenvalue weighted by Crippen LogP contribution is 2.25. The minimum absolute atomic E-state index is 0.224. The van der Waals surface area contributed by atoms with Gasteiger partial charge >= 0.3 is 0 Å². The number of hydrogen-bond donors (Lipinski definition) is 3. The lowest BCUT2D eigenvalue weighted by Gasteiger charge is -2.33. The smallest absolute Gasteiger partial charge is 0.249 e. The summed E-state index contributed by atoms with van der Waals surface area (Å²) in [6.45, 7) is 4.16. The molecule has 3 unspecified atom stereocenters. The minimum Gasteiger partial charge on any atom is -0.392 e. The number of aliphatic hydroxyl groups excluding tert-OH is 1. The van der Waals surface area contributed by atoms with E-state index in [-0.39, 0.29) is 11.8 Å². The second-order valence-electron chi connectivity index (χ2n) is 4.68. The van der Waals surface area contributed by atoms with Crippen molar-refractivity contribution >= 4 is 5.91 Å². The lowest BCUT2D eigenvalue weighted by atomic mass is 9.83. The first-order valence-electron chi connectivity index (χ1n) is 5.81. The predicted octanol–water partition coefficient (Wildman–Crippen LogP) is 0.192. The molecule has 3 N–H and O–H groups in total. The van der Waals surface area contributed by atoms with Crippen LogP contribution in [0.3, 0.4) is 0 Å². The Labute approximate surface area is 96.5 Å². The van der Waals surface area contributed by atoms with Crippen molar-refractivity contribution in [3.63, 3.8) is 0 Å². The van der Waals surface area contributed by atoms with Gasteiger partial charge in [-0.1, -0.05) is 13.8 Å². The van der Waals surface area contributed by atoms with E-state index in [1.165, 1.54) is 7.11 Å². The van der Waals surface area contributed by atoms with Crippen molar-refractivity contribution in [3.05, 3.63) is 0 Å². The van der Waals surface area contributed by atoms with Gasteiger partial charge < -0.3 is 10.4 Å². The summed E-state index contributed by atoms with van der Waals surface area (Å²) >= 11 is 0. The number of carbonyl (C=O) groups is 1. The van der Waals surface area contributed by atoms with Crippen LogP contribution in [0.1, 0.15) is 33.1 Å². The van der Waals surface area contributed by atoms with Gasteiger partial charge in [-0.25, -0.2) is 5.48 Å². The van der Waals surface area contributed by atoms with Crippen LogP contribution < -0.4 is 10.8 Å². The van der Waals surface area contributed by atoms with E-state index in [1.54, 1.807) is 0 Å². The summed E-state index contributed by atoms with van der Waals surface area (Å²) < 4.78 is 0. The van der Waals surface area contributed by atoms with Crippen LogP contribution in [-0.2, 0) is 9.63 Å². The molecule has 94 valence electrons. The van der Waals surface area contributed by atoms with Crippen LogP contribution in [0.4, 0.5) is 0 Å². The largest absolute Gasteiger partial charge is 0.392 e. The number of amides is 1. The van der Waals surface area contributed by atoms with E-state index in [4.69, 9.17) is 0 Å². The summed E-state index contributed by atoms with van der Waals surface area (Å²) in [7, 11) is 1.40. The Kier molecular flexibility index (Phi) is 5.18. The molecule has 0 radical (unpaired) electrons. The van der Waals surface area contributed by atoms with Crippen molar-refractivity contribution in [2.24, 2.45) is 5.92 Å². The standard InChI is InChI=1S/C11H22N2O3/c1-7(2)12-8-4-5-9(10(14)6-8)11(15)13-16-3/h7-10,12,14H,4-6H2,1-3H3,(H,13,15). The summed E-state index contributed by atoms with van der Waals surface area (Å²) in [6.07, 6.45) is 1.65. The Morgan fingerprint density at radius 3 is 2.62 bits per heavy atom. The third-order valence-corrected chi connectivity index (χ3v) is 2.93. The Morgan fingerprint density at radius 1 is 1.44 bits per heavy atom. The van der Waals surface area contributed by atoms with E-state index in [9.17, 15) is 9.90 Å². The van der Waals surface area contributed by atoms with E-state index >= 15 is 0 Å². The molecule has 0 aromatic heterocycles. The first kappa shape index (κ1) is 13.4. The topological polar surface area (TPSA) is 70.6 Å². The molecule has 0 aromatic carbocycles.